The lowest BCUT2D eigenvalue weighted by Crippen LogP contribution is -2.20. The lowest BCUT2D eigenvalue weighted by atomic mass is 10.1. The second-order valence-electron chi connectivity index (χ2n) is 8.12. The third-order valence-corrected chi connectivity index (χ3v) is 6.24. The van der Waals surface area contributed by atoms with Crippen LogP contribution in [0.1, 0.15) is 29.7 Å². The van der Waals surface area contributed by atoms with Gasteiger partial charge in [0.15, 0.2) is 5.82 Å². The average molecular weight is 487 g/mol. The summed E-state index contributed by atoms with van der Waals surface area (Å²) in [6.07, 6.45) is 2.40. The molecule has 4 rings (SSSR count). The fraction of sp³-hybridized carbons (Fsp3) is 0.333. The first-order valence-corrected chi connectivity index (χ1v) is 11.9. The number of nitrogens with one attached hydrogen (secondary N) is 2. The highest BCUT2D eigenvalue weighted by atomic mass is 32.2. The van der Waals surface area contributed by atoms with Crippen LogP contribution in [0.25, 0.3) is 0 Å². The van der Waals surface area contributed by atoms with E-state index in [-0.39, 0.29) is 11.6 Å². The van der Waals surface area contributed by atoms with E-state index in [0.29, 0.717) is 17.9 Å². The number of hydrogen-bond donors (Lipinski definition) is 2. The number of anilines is 3. The number of rotatable bonds is 10. The number of benzene rings is 1. The molecule has 1 aliphatic heterocycles. The summed E-state index contributed by atoms with van der Waals surface area (Å²) in [5.74, 6) is 0.144. The van der Waals surface area contributed by atoms with Gasteiger partial charge in [-0.3, -0.25) is 9.21 Å². The van der Waals surface area contributed by atoms with Gasteiger partial charge < -0.3 is 5.32 Å². The monoisotopic (exact) mass is 486 g/mol. The molecule has 3 aromatic rings. The van der Waals surface area contributed by atoms with Crippen LogP contribution in [0.5, 0.6) is 0 Å². The van der Waals surface area contributed by atoms with Crippen LogP contribution in [-0.4, -0.2) is 35.0 Å². The Kier molecular flexibility index (Phi) is 8.15. The smallest absolute Gasteiger partial charge is 0.214 e. The molecular formula is C24H28F2N6OS. The summed E-state index contributed by atoms with van der Waals surface area (Å²) in [6.45, 7) is 5.15. The maximum absolute atomic E-state index is 14.6. The van der Waals surface area contributed by atoms with Crippen molar-refractivity contribution in [2.45, 2.75) is 32.9 Å². The highest BCUT2D eigenvalue weighted by Crippen LogP contribution is 2.26. The first-order valence-electron chi connectivity index (χ1n) is 11.2. The minimum Gasteiger partial charge on any atom is -0.366 e. The van der Waals surface area contributed by atoms with E-state index in [0.717, 1.165) is 48.8 Å². The third kappa shape index (κ3) is 6.34. The molecule has 0 radical (unpaired) electrons. The largest absolute Gasteiger partial charge is 0.366 e. The first-order chi connectivity index (χ1) is 16.5. The SMILES string of the molecule is Cc1nc(NCc2c(F)cccc2CN2CCCC2)ccc1N(C)SONc1cccc(F)n1. The Hall–Kier alpha value is -2.95. The van der Waals surface area contributed by atoms with Crippen molar-refractivity contribution < 1.29 is 13.1 Å². The topological polar surface area (TPSA) is 65.6 Å². The van der Waals surface area contributed by atoms with Gasteiger partial charge in [0.25, 0.3) is 0 Å². The molecule has 0 bridgehead atoms. The minimum atomic E-state index is -0.589. The summed E-state index contributed by atoms with van der Waals surface area (Å²) < 4.78 is 34.9. The summed E-state index contributed by atoms with van der Waals surface area (Å²) >= 11 is 1.02. The summed E-state index contributed by atoms with van der Waals surface area (Å²) in [7, 11) is 1.83. The number of aryl methyl sites for hydroxylation is 1. The van der Waals surface area contributed by atoms with E-state index in [1.165, 1.54) is 25.0 Å². The van der Waals surface area contributed by atoms with Crippen molar-refractivity contribution in [3.05, 3.63) is 77.1 Å². The van der Waals surface area contributed by atoms with Gasteiger partial charge in [0.05, 0.1) is 11.4 Å². The Bertz CT molecular complexity index is 1110. The molecule has 1 saturated heterocycles. The van der Waals surface area contributed by atoms with Crippen molar-refractivity contribution in [1.29, 1.82) is 0 Å². The Balaban J connectivity index is 1.34. The zero-order chi connectivity index (χ0) is 23.9. The van der Waals surface area contributed by atoms with Gasteiger partial charge in [-0.05, 0) is 68.8 Å². The van der Waals surface area contributed by atoms with E-state index in [2.05, 4.69) is 25.7 Å². The number of halogens is 2. The van der Waals surface area contributed by atoms with Gasteiger partial charge in [-0.1, -0.05) is 18.2 Å². The molecule has 34 heavy (non-hydrogen) atoms. The molecule has 1 fully saturated rings. The second-order valence-corrected chi connectivity index (χ2v) is 8.98. The van der Waals surface area contributed by atoms with Crippen LogP contribution >= 0.6 is 12.2 Å². The van der Waals surface area contributed by atoms with Crippen LogP contribution in [0.2, 0.25) is 0 Å². The van der Waals surface area contributed by atoms with Crippen molar-refractivity contribution in [2.75, 3.05) is 35.2 Å². The van der Waals surface area contributed by atoms with Gasteiger partial charge >= 0.3 is 0 Å². The standard InChI is InChI=1S/C24H28F2N6OS/c1-17-21(31(2)34-33-30-24-10-6-9-22(26)29-24)11-12-23(28-17)27-15-19-18(7-5-8-20(19)25)16-32-13-3-4-14-32/h5-12H,3-4,13-16H2,1-2H3,(H,27,28)(H,29,30). The minimum absolute atomic E-state index is 0.203. The molecule has 2 N–H and O–H groups in total. The van der Waals surface area contributed by atoms with Crippen LogP contribution < -0.4 is 15.1 Å². The van der Waals surface area contributed by atoms with Crippen LogP contribution in [-0.2, 0) is 17.4 Å². The zero-order valence-electron chi connectivity index (χ0n) is 19.2. The third-order valence-electron chi connectivity index (χ3n) is 5.66. The maximum Gasteiger partial charge on any atom is 0.214 e. The lowest BCUT2D eigenvalue weighted by molar-refractivity contribution is 0.329. The van der Waals surface area contributed by atoms with Crippen molar-refractivity contribution in [3.63, 3.8) is 0 Å². The molecule has 0 saturated carbocycles. The predicted octanol–water partition coefficient (Wildman–Crippen LogP) is 5.31. The zero-order valence-corrected chi connectivity index (χ0v) is 20.0. The van der Waals surface area contributed by atoms with Crippen molar-refractivity contribution in [3.8, 4) is 0 Å². The maximum atomic E-state index is 14.6. The molecule has 0 aliphatic carbocycles. The Morgan fingerprint density at radius 2 is 1.82 bits per heavy atom. The predicted molar refractivity (Wildman–Crippen MR) is 132 cm³/mol. The molecule has 2 aromatic heterocycles. The van der Waals surface area contributed by atoms with E-state index in [9.17, 15) is 8.78 Å². The Labute approximate surface area is 202 Å². The molecule has 0 spiro atoms. The second kappa shape index (κ2) is 11.5. The number of hydrogen-bond acceptors (Lipinski definition) is 8. The quantitative estimate of drug-likeness (QED) is 0.173. The first kappa shape index (κ1) is 24.2. The normalized spacial score (nSPS) is 13.8. The van der Waals surface area contributed by atoms with Gasteiger partial charge in [0.1, 0.15) is 23.9 Å². The lowest BCUT2D eigenvalue weighted by Gasteiger charge is -2.20. The fourth-order valence-corrected chi connectivity index (χ4v) is 4.43. The summed E-state index contributed by atoms with van der Waals surface area (Å²) in [5, 5.41) is 3.26. The summed E-state index contributed by atoms with van der Waals surface area (Å²) in [5.41, 5.74) is 5.89. The average Bonchev–Trinajstić information content (AvgIpc) is 3.32. The molecule has 1 aromatic carbocycles. The van der Waals surface area contributed by atoms with Crippen molar-refractivity contribution >= 4 is 29.6 Å². The molecule has 0 unspecified atom stereocenters. The van der Waals surface area contributed by atoms with E-state index in [1.54, 1.807) is 22.5 Å². The van der Waals surface area contributed by atoms with Gasteiger partial charge in [0.2, 0.25) is 5.95 Å². The Morgan fingerprint density at radius 3 is 2.59 bits per heavy atom. The van der Waals surface area contributed by atoms with Crippen LogP contribution in [0.3, 0.4) is 0 Å². The van der Waals surface area contributed by atoms with Crippen LogP contribution in [0, 0.1) is 18.7 Å². The highest BCUT2D eigenvalue weighted by molar-refractivity contribution is 7.96. The van der Waals surface area contributed by atoms with Crippen LogP contribution in [0.15, 0.2) is 48.5 Å². The van der Waals surface area contributed by atoms with Crippen molar-refractivity contribution in [1.82, 2.24) is 14.9 Å². The van der Waals surface area contributed by atoms with Gasteiger partial charge in [-0.15, -0.1) is 0 Å². The Morgan fingerprint density at radius 1 is 1.03 bits per heavy atom. The number of nitrogens with zero attached hydrogens (tertiary/aromatic N) is 4. The highest BCUT2D eigenvalue weighted by Gasteiger charge is 2.16. The van der Waals surface area contributed by atoms with E-state index >= 15 is 0 Å². The number of likely N-dealkylation sites (tertiary alicyclic amines) is 1. The van der Waals surface area contributed by atoms with Gasteiger partial charge in [-0.25, -0.2) is 19.8 Å². The number of aromatic nitrogens is 2. The van der Waals surface area contributed by atoms with Crippen LogP contribution in [0.4, 0.5) is 26.1 Å². The molecule has 3 heterocycles. The number of pyridine rings is 2. The molecule has 0 amide bonds. The van der Waals surface area contributed by atoms with E-state index < -0.39 is 5.95 Å². The molecule has 180 valence electrons. The fourth-order valence-electron chi connectivity index (χ4n) is 3.92. The molecule has 10 heteroatoms. The molecular weight excluding hydrogens is 458 g/mol. The van der Waals surface area contributed by atoms with E-state index in [1.807, 2.05) is 32.2 Å². The van der Waals surface area contributed by atoms with Gasteiger partial charge in [-0.2, -0.15) is 8.67 Å². The molecule has 7 nitrogen and oxygen atoms in total. The summed E-state index contributed by atoms with van der Waals surface area (Å²) in [4.78, 5) is 10.7. The van der Waals surface area contributed by atoms with E-state index in [4.69, 9.17) is 4.28 Å². The summed E-state index contributed by atoms with van der Waals surface area (Å²) in [6, 6.07) is 13.4. The van der Waals surface area contributed by atoms with Gasteiger partial charge in [0, 0.05) is 25.7 Å². The molecule has 1 aliphatic rings. The molecule has 0 atom stereocenters. The van der Waals surface area contributed by atoms with Crippen molar-refractivity contribution in [2.24, 2.45) is 0 Å².